The molecule has 1 rings (SSSR count). The summed E-state index contributed by atoms with van der Waals surface area (Å²) in [6.07, 6.45) is 0. The first-order valence-electron chi connectivity index (χ1n) is 5.46. The number of amides is 2. The fourth-order valence-corrected chi connectivity index (χ4v) is 1.15. The van der Waals surface area contributed by atoms with Gasteiger partial charge in [0.05, 0.1) is 11.6 Å². The second-order valence-corrected chi connectivity index (χ2v) is 5.06. The Labute approximate surface area is 102 Å². The van der Waals surface area contributed by atoms with Crippen LogP contribution in [0.5, 0.6) is 0 Å². The molecule has 0 bridgehead atoms. The second kappa shape index (κ2) is 5.35. The molecule has 0 spiro atoms. The number of nitrogens with zero attached hydrogens (tertiary/aromatic N) is 1. The molecular formula is C13H17N3O. The van der Waals surface area contributed by atoms with Crippen LogP contribution < -0.4 is 10.6 Å². The average Bonchev–Trinajstić information content (AvgIpc) is 2.27. The average molecular weight is 231 g/mol. The number of benzene rings is 1. The van der Waals surface area contributed by atoms with Gasteiger partial charge in [-0.05, 0) is 29.7 Å². The van der Waals surface area contributed by atoms with Crippen LogP contribution in [0.3, 0.4) is 0 Å². The van der Waals surface area contributed by atoms with Crippen molar-refractivity contribution in [2.75, 3.05) is 11.9 Å². The zero-order valence-corrected chi connectivity index (χ0v) is 10.4. The van der Waals surface area contributed by atoms with Crippen LogP contribution >= 0.6 is 0 Å². The van der Waals surface area contributed by atoms with Crippen molar-refractivity contribution in [1.82, 2.24) is 5.32 Å². The summed E-state index contributed by atoms with van der Waals surface area (Å²) in [6.45, 7) is 6.76. The number of hydrogen-bond donors (Lipinski definition) is 2. The lowest BCUT2D eigenvalue weighted by atomic mass is 9.97. The van der Waals surface area contributed by atoms with Crippen molar-refractivity contribution in [3.63, 3.8) is 0 Å². The topological polar surface area (TPSA) is 64.9 Å². The van der Waals surface area contributed by atoms with E-state index in [2.05, 4.69) is 31.4 Å². The summed E-state index contributed by atoms with van der Waals surface area (Å²) in [4.78, 5) is 11.5. The van der Waals surface area contributed by atoms with Gasteiger partial charge in [0, 0.05) is 12.2 Å². The van der Waals surface area contributed by atoms with E-state index in [1.165, 1.54) is 0 Å². The predicted octanol–water partition coefficient (Wildman–Crippen LogP) is 2.73. The van der Waals surface area contributed by atoms with E-state index in [0.717, 1.165) is 0 Å². The molecule has 0 saturated heterocycles. The summed E-state index contributed by atoms with van der Waals surface area (Å²) in [5, 5.41) is 14.1. The molecular weight excluding hydrogens is 214 g/mol. The minimum Gasteiger partial charge on any atom is -0.337 e. The minimum absolute atomic E-state index is 0.0575. The quantitative estimate of drug-likeness (QED) is 0.821. The fourth-order valence-electron chi connectivity index (χ4n) is 1.15. The van der Waals surface area contributed by atoms with Crippen molar-refractivity contribution in [1.29, 1.82) is 5.26 Å². The number of rotatable bonds is 2. The molecule has 0 heterocycles. The molecule has 2 N–H and O–H groups in total. The number of nitriles is 1. The molecule has 4 nitrogen and oxygen atoms in total. The third-order valence-corrected chi connectivity index (χ3v) is 2.05. The molecule has 0 fully saturated rings. The van der Waals surface area contributed by atoms with Crippen LogP contribution in [0.15, 0.2) is 24.3 Å². The number of carbonyl (C=O) groups is 1. The lowest BCUT2D eigenvalue weighted by Crippen LogP contribution is -2.35. The standard InChI is InChI=1S/C13H17N3O/c1-13(2,3)9-15-12(17)16-11-6-4-10(8-14)5-7-11/h4-7H,9H2,1-3H3,(H2,15,16,17). The van der Waals surface area contributed by atoms with E-state index in [0.29, 0.717) is 17.8 Å². The molecule has 90 valence electrons. The molecule has 0 aliphatic carbocycles. The lowest BCUT2D eigenvalue weighted by molar-refractivity contribution is 0.247. The van der Waals surface area contributed by atoms with Crippen molar-refractivity contribution in [2.24, 2.45) is 5.41 Å². The van der Waals surface area contributed by atoms with Gasteiger partial charge in [-0.25, -0.2) is 4.79 Å². The zero-order valence-electron chi connectivity index (χ0n) is 10.4. The van der Waals surface area contributed by atoms with E-state index in [9.17, 15) is 4.79 Å². The highest BCUT2D eigenvalue weighted by atomic mass is 16.2. The summed E-state index contributed by atoms with van der Waals surface area (Å²) in [5.74, 6) is 0. The zero-order chi connectivity index (χ0) is 12.9. The molecule has 4 heteroatoms. The highest BCUT2D eigenvalue weighted by molar-refractivity contribution is 5.89. The summed E-state index contributed by atoms with van der Waals surface area (Å²) in [7, 11) is 0. The van der Waals surface area contributed by atoms with Crippen LogP contribution in [0.2, 0.25) is 0 Å². The summed E-state index contributed by atoms with van der Waals surface area (Å²) < 4.78 is 0. The molecule has 0 unspecified atom stereocenters. The SMILES string of the molecule is CC(C)(C)CNC(=O)Nc1ccc(C#N)cc1. The Morgan fingerprint density at radius 3 is 2.35 bits per heavy atom. The number of hydrogen-bond acceptors (Lipinski definition) is 2. The maximum Gasteiger partial charge on any atom is 0.319 e. The van der Waals surface area contributed by atoms with E-state index >= 15 is 0 Å². The van der Waals surface area contributed by atoms with Crippen molar-refractivity contribution >= 4 is 11.7 Å². The molecule has 17 heavy (non-hydrogen) atoms. The van der Waals surface area contributed by atoms with Gasteiger partial charge < -0.3 is 10.6 Å². The highest BCUT2D eigenvalue weighted by Gasteiger charge is 2.11. The lowest BCUT2D eigenvalue weighted by Gasteiger charge is -2.18. The highest BCUT2D eigenvalue weighted by Crippen LogP contribution is 2.11. The summed E-state index contributed by atoms with van der Waals surface area (Å²) in [6, 6.07) is 8.53. The number of nitrogens with one attached hydrogen (secondary N) is 2. The number of carbonyl (C=O) groups excluding carboxylic acids is 1. The maximum atomic E-state index is 11.5. The molecule has 0 aliphatic heterocycles. The smallest absolute Gasteiger partial charge is 0.319 e. The Hall–Kier alpha value is -2.02. The summed E-state index contributed by atoms with van der Waals surface area (Å²) >= 11 is 0. The predicted molar refractivity (Wildman–Crippen MR) is 67.6 cm³/mol. The Morgan fingerprint density at radius 2 is 1.88 bits per heavy atom. The van der Waals surface area contributed by atoms with Crippen LogP contribution in [0.1, 0.15) is 26.3 Å². The van der Waals surface area contributed by atoms with E-state index in [-0.39, 0.29) is 11.4 Å². The van der Waals surface area contributed by atoms with E-state index in [4.69, 9.17) is 5.26 Å². The van der Waals surface area contributed by atoms with Crippen LogP contribution in [0.25, 0.3) is 0 Å². The van der Waals surface area contributed by atoms with Crippen molar-refractivity contribution < 1.29 is 4.79 Å². The van der Waals surface area contributed by atoms with Gasteiger partial charge in [0.2, 0.25) is 0 Å². The van der Waals surface area contributed by atoms with Gasteiger partial charge in [0.1, 0.15) is 0 Å². The molecule has 0 radical (unpaired) electrons. The molecule has 0 atom stereocenters. The fraction of sp³-hybridized carbons (Fsp3) is 0.385. The van der Waals surface area contributed by atoms with Gasteiger partial charge in [-0.15, -0.1) is 0 Å². The second-order valence-electron chi connectivity index (χ2n) is 5.06. The van der Waals surface area contributed by atoms with Gasteiger partial charge in [-0.2, -0.15) is 5.26 Å². The molecule has 2 amide bonds. The first-order valence-corrected chi connectivity index (χ1v) is 5.46. The van der Waals surface area contributed by atoms with Gasteiger partial charge in [-0.3, -0.25) is 0 Å². The maximum absolute atomic E-state index is 11.5. The molecule has 1 aromatic rings. The largest absolute Gasteiger partial charge is 0.337 e. The van der Waals surface area contributed by atoms with Crippen molar-refractivity contribution in [3.05, 3.63) is 29.8 Å². The van der Waals surface area contributed by atoms with Gasteiger partial charge >= 0.3 is 6.03 Å². The molecule has 0 saturated carbocycles. The van der Waals surface area contributed by atoms with E-state index in [1.54, 1.807) is 24.3 Å². The minimum atomic E-state index is -0.232. The van der Waals surface area contributed by atoms with Crippen LogP contribution in [-0.2, 0) is 0 Å². The van der Waals surface area contributed by atoms with Gasteiger partial charge in [0.15, 0.2) is 0 Å². The molecule has 0 aliphatic rings. The van der Waals surface area contributed by atoms with Gasteiger partial charge in [-0.1, -0.05) is 20.8 Å². The van der Waals surface area contributed by atoms with Gasteiger partial charge in [0.25, 0.3) is 0 Å². The number of urea groups is 1. The Balaban J connectivity index is 2.48. The summed E-state index contributed by atoms with van der Waals surface area (Å²) in [5.41, 5.74) is 1.31. The van der Waals surface area contributed by atoms with Crippen LogP contribution in [0.4, 0.5) is 10.5 Å². The first kappa shape index (κ1) is 13.0. The van der Waals surface area contributed by atoms with Crippen LogP contribution in [-0.4, -0.2) is 12.6 Å². The monoisotopic (exact) mass is 231 g/mol. The van der Waals surface area contributed by atoms with E-state index < -0.39 is 0 Å². The van der Waals surface area contributed by atoms with Crippen molar-refractivity contribution in [3.8, 4) is 6.07 Å². The van der Waals surface area contributed by atoms with Crippen molar-refractivity contribution in [2.45, 2.75) is 20.8 Å². The third kappa shape index (κ3) is 5.03. The van der Waals surface area contributed by atoms with Crippen LogP contribution in [0, 0.1) is 16.7 Å². The Kier molecular flexibility index (Phi) is 4.11. The third-order valence-electron chi connectivity index (χ3n) is 2.05. The first-order chi connectivity index (χ1) is 7.90. The molecule has 1 aromatic carbocycles. The Morgan fingerprint density at radius 1 is 1.29 bits per heavy atom. The normalized spacial score (nSPS) is 10.5. The van der Waals surface area contributed by atoms with E-state index in [1.807, 2.05) is 6.07 Å². The Bertz CT molecular complexity index is 423. The number of anilines is 1. The molecule has 0 aromatic heterocycles.